The summed E-state index contributed by atoms with van der Waals surface area (Å²) >= 11 is 5.78. The zero-order valence-corrected chi connectivity index (χ0v) is 13.3. The van der Waals surface area contributed by atoms with Gasteiger partial charge in [-0.15, -0.1) is 0 Å². The molecule has 0 fully saturated rings. The van der Waals surface area contributed by atoms with Gasteiger partial charge >= 0.3 is 5.97 Å². The monoisotopic (exact) mass is 346 g/mol. The van der Waals surface area contributed by atoms with Crippen molar-refractivity contribution in [2.45, 2.75) is 13.0 Å². The first-order chi connectivity index (χ1) is 11.4. The minimum atomic E-state index is -1.13. The largest absolute Gasteiger partial charge is 0.449 e. The van der Waals surface area contributed by atoms with Gasteiger partial charge in [0.2, 0.25) is 0 Å². The zero-order chi connectivity index (χ0) is 17.7. The number of nitrogens with one attached hydrogen (secondary N) is 1. The Labute approximate surface area is 142 Å². The Hall–Kier alpha value is -2.91. The highest BCUT2D eigenvalue weighted by atomic mass is 35.5. The molecular formula is C17H12ClFN2O3. The Bertz CT molecular complexity index is 833. The fourth-order valence-electron chi connectivity index (χ4n) is 1.86. The average molecular weight is 347 g/mol. The molecule has 0 aliphatic heterocycles. The number of carbonyl (C=O) groups is 2. The summed E-state index contributed by atoms with van der Waals surface area (Å²) in [5.41, 5.74) is 0.550. The van der Waals surface area contributed by atoms with Gasteiger partial charge < -0.3 is 10.1 Å². The first-order valence-corrected chi connectivity index (χ1v) is 7.26. The maximum Gasteiger partial charge on any atom is 0.340 e. The average Bonchev–Trinajstić information content (AvgIpc) is 2.55. The number of para-hydroxylation sites is 1. The van der Waals surface area contributed by atoms with Gasteiger partial charge in [0.05, 0.1) is 21.8 Å². The molecule has 1 amide bonds. The van der Waals surface area contributed by atoms with E-state index in [1.54, 1.807) is 24.3 Å². The molecule has 1 atom stereocenters. The highest BCUT2D eigenvalue weighted by Gasteiger charge is 2.21. The minimum absolute atomic E-state index is 0.0462. The maximum atomic E-state index is 13.0. The Balaban J connectivity index is 2.06. The van der Waals surface area contributed by atoms with E-state index in [1.165, 1.54) is 13.0 Å². The predicted octanol–water partition coefficient (Wildman–Crippen LogP) is 3.53. The SMILES string of the molecule is C[C@H](OC(=O)c1ccc(F)cc1Cl)C(=O)Nc1ccccc1C#N. The fraction of sp³-hybridized carbons (Fsp3) is 0.118. The molecule has 0 saturated heterocycles. The lowest BCUT2D eigenvalue weighted by Gasteiger charge is -2.14. The number of benzene rings is 2. The van der Waals surface area contributed by atoms with Crippen LogP contribution in [0.15, 0.2) is 42.5 Å². The molecule has 0 aliphatic carbocycles. The number of ether oxygens (including phenoxy) is 1. The van der Waals surface area contributed by atoms with Crippen molar-refractivity contribution < 1.29 is 18.7 Å². The second-order valence-corrected chi connectivity index (χ2v) is 5.23. The summed E-state index contributed by atoms with van der Waals surface area (Å²) in [6, 6.07) is 11.6. The summed E-state index contributed by atoms with van der Waals surface area (Å²) in [5, 5.41) is 11.4. The van der Waals surface area contributed by atoms with Crippen LogP contribution >= 0.6 is 11.6 Å². The van der Waals surface area contributed by atoms with E-state index in [0.29, 0.717) is 5.69 Å². The van der Waals surface area contributed by atoms with Crippen molar-refractivity contribution in [1.82, 2.24) is 0 Å². The molecule has 2 aromatic carbocycles. The van der Waals surface area contributed by atoms with Crippen LogP contribution < -0.4 is 5.32 Å². The predicted molar refractivity (Wildman–Crippen MR) is 86.1 cm³/mol. The van der Waals surface area contributed by atoms with Crippen LogP contribution in [-0.4, -0.2) is 18.0 Å². The highest BCUT2D eigenvalue weighted by Crippen LogP contribution is 2.19. The number of esters is 1. The summed E-state index contributed by atoms with van der Waals surface area (Å²) in [7, 11) is 0. The minimum Gasteiger partial charge on any atom is -0.449 e. The van der Waals surface area contributed by atoms with Crippen molar-refractivity contribution in [2.24, 2.45) is 0 Å². The molecule has 0 spiro atoms. The van der Waals surface area contributed by atoms with Crippen LogP contribution in [-0.2, 0) is 9.53 Å². The lowest BCUT2D eigenvalue weighted by atomic mass is 10.2. The smallest absolute Gasteiger partial charge is 0.340 e. The molecule has 1 N–H and O–H groups in total. The number of anilines is 1. The van der Waals surface area contributed by atoms with Gasteiger partial charge in [0, 0.05) is 0 Å². The van der Waals surface area contributed by atoms with Crippen molar-refractivity contribution in [1.29, 1.82) is 5.26 Å². The number of hydrogen-bond donors (Lipinski definition) is 1. The first-order valence-electron chi connectivity index (χ1n) is 6.88. The second-order valence-electron chi connectivity index (χ2n) is 4.82. The van der Waals surface area contributed by atoms with Crippen LogP contribution in [0.1, 0.15) is 22.8 Å². The molecule has 24 heavy (non-hydrogen) atoms. The lowest BCUT2D eigenvalue weighted by molar-refractivity contribution is -0.123. The van der Waals surface area contributed by atoms with Gasteiger partial charge in [-0.1, -0.05) is 23.7 Å². The summed E-state index contributed by atoms with van der Waals surface area (Å²) in [4.78, 5) is 24.1. The molecule has 2 rings (SSSR count). The third-order valence-electron chi connectivity index (χ3n) is 3.11. The van der Waals surface area contributed by atoms with Crippen molar-refractivity contribution in [3.63, 3.8) is 0 Å². The Morgan fingerprint density at radius 3 is 2.67 bits per heavy atom. The van der Waals surface area contributed by atoms with Crippen molar-refractivity contribution in [2.75, 3.05) is 5.32 Å². The molecule has 0 aliphatic rings. The second kappa shape index (κ2) is 7.57. The van der Waals surface area contributed by atoms with Crippen molar-refractivity contribution in [3.8, 4) is 6.07 Å². The number of hydrogen-bond acceptors (Lipinski definition) is 4. The van der Waals surface area contributed by atoms with E-state index in [9.17, 15) is 14.0 Å². The van der Waals surface area contributed by atoms with Gasteiger partial charge in [0.1, 0.15) is 11.9 Å². The van der Waals surface area contributed by atoms with Gasteiger partial charge in [0.25, 0.3) is 5.91 Å². The highest BCUT2D eigenvalue weighted by molar-refractivity contribution is 6.33. The van der Waals surface area contributed by atoms with Gasteiger partial charge in [-0.25, -0.2) is 9.18 Å². The summed E-state index contributed by atoms with van der Waals surface area (Å²) in [6.07, 6.45) is -1.13. The third-order valence-corrected chi connectivity index (χ3v) is 3.42. The fourth-order valence-corrected chi connectivity index (χ4v) is 2.10. The van der Waals surface area contributed by atoms with Crippen LogP contribution in [0.25, 0.3) is 0 Å². The van der Waals surface area contributed by atoms with Crippen LogP contribution in [0, 0.1) is 17.1 Å². The van der Waals surface area contributed by atoms with E-state index in [-0.39, 0.29) is 16.1 Å². The number of nitrogens with zero attached hydrogens (tertiary/aromatic N) is 1. The topological polar surface area (TPSA) is 79.2 Å². The van der Waals surface area contributed by atoms with Gasteiger partial charge in [-0.2, -0.15) is 5.26 Å². The molecule has 2 aromatic rings. The van der Waals surface area contributed by atoms with Crippen LogP contribution in [0.5, 0.6) is 0 Å². The number of nitriles is 1. The Morgan fingerprint density at radius 2 is 2.00 bits per heavy atom. The number of rotatable bonds is 4. The molecule has 0 bridgehead atoms. The molecule has 7 heteroatoms. The molecule has 0 heterocycles. The molecule has 0 aromatic heterocycles. The Morgan fingerprint density at radius 1 is 1.29 bits per heavy atom. The molecular weight excluding hydrogens is 335 g/mol. The normalized spacial score (nSPS) is 11.2. The molecule has 0 unspecified atom stereocenters. The van der Waals surface area contributed by atoms with E-state index in [2.05, 4.69) is 5.32 Å². The maximum absolute atomic E-state index is 13.0. The van der Waals surface area contributed by atoms with E-state index in [4.69, 9.17) is 21.6 Å². The van der Waals surface area contributed by atoms with Crippen molar-refractivity contribution in [3.05, 3.63) is 64.4 Å². The summed E-state index contributed by atoms with van der Waals surface area (Å²) in [6.45, 7) is 1.37. The van der Waals surface area contributed by atoms with Gasteiger partial charge in [-0.05, 0) is 37.3 Å². The van der Waals surface area contributed by atoms with Crippen LogP contribution in [0.2, 0.25) is 5.02 Å². The zero-order valence-electron chi connectivity index (χ0n) is 12.5. The van der Waals surface area contributed by atoms with E-state index in [1.807, 2.05) is 6.07 Å². The summed E-state index contributed by atoms with van der Waals surface area (Å²) in [5.74, 6) is -2.05. The first kappa shape index (κ1) is 17.4. The lowest BCUT2D eigenvalue weighted by Crippen LogP contribution is -2.30. The summed E-state index contributed by atoms with van der Waals surface area (Å²) < 4.78 is 18.0. The van der Waals surface area contributed by atoms with Crippen molar-refractivity contribution >= 4 is 29.2 Å². The molecule has 0 radical (unpaired) electrons. The van der Waals surface area contributed by atoms with E-state index in [0.717, 1.165) is 12.1 Å². The van der Waals surface area contributed by atoms with Gasteiger partial charge in [0.15, 0.2) is 6.10 Å². The van der Waals surface area contributed by atoms with E-state index >= 15 is 0 Å². The molecule has 122 valence electrons. The van der Waals surface area contributed by atoms with Crippen LogP contribution in [0.3, 0.4) is 0 Å². The third kappa shape index (κ3) is 4.09. The molecule has 5 nitrogen and oxygen atoms in total. The van der Waals surface area contributed by atoms with Gasteiger partial charge in [-0.3, -0.25) is 4.79 Å². The number of carbonyl (C=O) groups excluding carboxylic acids is 2. The standard InChI is InChI=1S/C17H12ClFN2O3/c1-10(16(22)21-15-5-3-2-4-11(15)9-20)24-17(23)13-7-6-12(19)8-14(13)18/h2-8,10H,1H3,(H,21,22)/t10-/m0/s1. The van der Waals surface area contributed by atoms with E-state index < -0.39 is 23.8 Å². The number of amides is 1. The number of halogens is 2. The Kier molecular flexibility index (Phi) is 5.51. The molecule has 0 saturated carbocycles. The van der Waals surface area contributed by atoms with Crippen LogP contribution in [0.4, 0.5) is 10.1 Å². The quantitative estimate of drug-likeness (QED) is 0.859.